The summed E-state index contributed by atoms with van der Waals surface area (Å²) in [6, 6.07) is 0.157. The highest BCUT2D eigenvalue weighted by Gasteiger charge is 2.37. The first kappa shape index (κ1) is 16.0. The summed E-state index contributed by atoms with van der Waals surface area (Å²) >= 11 is 0. The zero-order valence-electron chi connectivity index (χ0n) is 13.9. The standard InChI is InChI=1S/C16H27N3O2/c1-10-13(9-17-19(10)6)14-7-12(18-11(2)20)8-15(21-14)16(3,4)5/h9,12,14-15H,7-8H2,1-6H3,(H,18,20)/t12-,14-,15+/m0/s1. The molecule has 0 radical (unpaired) electrons. The quantitative estimate of drug-likeness (QED) is 0.911. The molecule has 0 saturated carbocycles. The Morgan fingerprint density at radius 3 is 2.57 bits per heavy atom. The van der Waals surface area contributed by atoms with Gasteiger partial charge in [0, 0.05) is 31.3 Å². The Morgan fingerprint density at radius 1 is 1.43 bits per heavy atom. The highest BCUT2D eigenvalue weighted by Crippen LogP contribution is 2.39. The van der Waals surface area contributed by atoms with E-state index >= 15 is 0 Å². The summed E-state index contributed by atoms with van der Waals surface area (Å²) in [5.41, 5.74) is 2.30. The second kappa shape index (κ2) is 5.79. The fourth-order valence-corrected chi connectivity index (χ4v) is 2.92. The molecule has 1 amide bonds. The number of aromatic nitrogens is 2. The number of carbonyl (C=O) groups is 1. The van der Waals surface area contributed by atoms with E-state index in [0.717, 1.165) is 24.1 Å². The van der Waals surface area contributed by atoms with E-state index in [-0.39, 0.29) is 29.6 Å². The first-order chi connectivity index (χ1) is 9.68. The van der Waals surface area contributed by atoms with Crippen LogP contribution in [0.15, 0.2) is 6.20 Å². The fraction of sp³-hybridized carbons (Fsp3) is 0.750. The van der Waals surface area contributed by atoms with Crippen molar-refractivity contribution in [1.82, 2.24) is 15.1 Å². The largest absolute Gasteiger partial charge is 0.369 e. The Morgan fingerprint density at radius 2 is 2.10 bits per heavy atom. The number of amides is 1. The van der Waals surface area contributed by atoms with Crippen LogP contribution in [0.25, 0.3) is 0 Å². The molecule has 0 spiro atoms. The molecule has 2 heterocycles. The van der Waals surface area contributed by atoms with Crippen LogP contribution in [-0.4, -0.2) is 27.8 Å². The molecule has 1 saturated heterocycles. The number of carbonyl (C=O) groups excluding carboxylic acids is 1. The van der Waals surface area contributed by atoms with Crippen molar-refractivity contribution in [3.63, 3.8) is 0 Å². The molecule has 5 heteroatoms. The summed E-state index contributed by atoms with van der Waals surface area (Å²) in [4.78, 5) is 11.4. The van der Waals surface area contributed by atoms with E-state index < -0.39 is 0 Å². The lowest BCUT2D eigenvalue weighted by atomic mass is 9.81. The van der Waals surface area contributed by atoms with Crippen LogP contribution in [0.4, 0.5) is 0 Å². The summed E-state index contributed by atoms with van der Waals surface area (Å²) in [7, 11) is 1.94. The lowest BCUT2D eigenvalue weighted by Gasteiger charge is -2.41. The smallest absolute Gasteiger partial charge is 0.217 e. The van der Waals surface area contributed by atoms with E-state index in [2.05, 4.69) is 38.1 Å². The zero-order valence-corrected chi connectivity index (χ0v) is 13.9. The fourth-order valence-electron chi connectivity index (χ4n) is 2.92. The van der Waals surface area contributed by atoms with Gasteiger partial charge in [-0.05, 0) is 25.2 Å². The predicted octanol–water partition coefficient (Wildman–Crippen LogP) is 2.50. The van der Waals surface area contributed by atoms with Crippen LogP contribution in [0.3, 0.4) is 0 Å². The Kier molecular flexibility index (Phi) is 4.42. The second-order valence-electron chi connectivity index (χ2n) is 7.16. The minimum absolute atomic E-state index is 0.00600. The van der Waals surface area contributed by atoms with E-state index in [0.29, 0.717) is 0 Å². The van der Waals surface area contributed by atoms with Gasteiger partial charge >= 0.3 is 0 Å². The molecule has 1 fully saturated rings. The van der Waals surface area contributed by atoms with Gasteiger partial charge in [-0.25, -0.2) is 0 Å². The highest BCUT2D eigenvalue weighted by atomic mass is 16.5. The summed E-state index contributed by atoms with van der Waals surface area (Å²) < 4.78 is 8.21. The number of aryl methyl sites for hydroxylation is 1. The summed E-state index contributed by atoms with van der Waals surface area (Å²) in [5.74, 6) is 0.0243. The number of hydrogen-bond acceptors (Lipinski definition) is 3. The highest BCUT2D eigenvalue weighted by molar-refractivity contribution is 5.73. The topological polar surface area (TPSA) is 56.2 Å². The van der Waals surface area contributed by atoms with E-state index in [9.17, 15) is 4.79 Å². The number of rotatable bonds is 2. The normalized spacial score (nSPS) is 26.7. The van der Waals surface area contributed by atoms with Crippen molar-refractivity contribution in [1.29, 1.82) is 0 Å². The minimum Gasteiger partial charge on any atom is -0.369 e. The van der Waals surface area contributed by atoms with E-state index in [1.165, 1.54) is 0 Å². The molecule has 1 aromatic rings. The van der Waals surface area contributed by atoms with Gasteiger partial charge in [-0.1, -0.05) is 20.8 Å². The maximum atomic E-state index is 11.4. The average molecular weight is 293 g/mol. The van der Waals surface area contributed by atoms with Gasteiger partial charge in [-0.2, -0.15) is 5.10 Å². The van der Waals surface area contributed by atoms with Crippen LogP contribution in [0.2, 0.25) is 0 Å². The van der Waals surface area contributed by atoms with Crippen LogP contribution < -0.4 is 5.32 Å². The van der Waals surface area contributed by atoms with Crippen LogP contribution in [0.1, 0.15) is 57.9 Å². The average Bonchev–Trinajstić information content (AvgIpc) is 2.68. The van der Waals surface area contributed by atoms with Gasteiger partial charge in [0.2, 0.25) is 5.91 Å². The third-order valence-corrected chi connectivity index (χ3v) is 4.32. The van der Waals surface area contributed by atoms with Gasteiger partial charge in [0.1, 0.15) is 0 Å². The van der Waals surface area contributed by atoms with Gasteiger partial charge in [0.05, 0.1) is 18.4 Å². The lowest BCUT2D eigenvalue weighted by Crippen LogP contribution is -2.46. The van der Waals surface area contributed by atoms with Crippen LogP contribution >= 0.6 is 0 Å². The third-order valence-electron chi connectivity index (χ3n) is 4.32. The van der Waals surface area contributed by atoms with Crippen molar-refractivity contribution in [2.24, 2.45) is 12.5 Å². The first-order valence-electron chi connectivity index (χ1n) is 7.59. The molecule has 5 nitrogen and oxygen atoms in total. The molecule has 3 atom stereocenters. The molecule has 1 aromatic heterocycles. The maximum absolute atomic E-state index is 11.4. The van der Waals surface area contributed by atoms with Gasteiger partial charge in [0.15, 0.2) is 0 Å². The molecule has 0 aliphatic carbocycles. The summed E-state index contributed by atoms with van der Waals surface area (Å²) in [6.07, 6.45) is 3.66. The monoisotopic (exact) mass is 293 g/mol. The molecule has 2 rings (SSSR count). The Hall–Kier alpha value is -1.36. The van der Waals surface area contributed by atoms with E-state index in [1.54, 1.807) is 6.92 Å². The number of nitrogens with zero attached hydrogens (tertiary/aromatic N) is 2. The van der Waals surface area contributed by atoms with Crippen molar-refractivity contribution < 1.29 is 9.53 Å². The first-order valence-corrected chi connectivity index (χ1v) is 7.59. The Labute approximate surface area is 127 Å². The SMILES string of the molecule is CC(=O)N[C@H]1C[C@@H](c2cnn(C)c2C)O[C@@H](C(C)(C)C)C1. The number of nitrogens with one attached hydrogen (secondary N) is 1. The van der Waals surface area contributed by atoms with Crippen molar-refractivity contribution >= 4 is 5.91 Å². The summed E-state index contributed by atoms with van der Waals surface area (Å²) in [6.45, 7) is 10.2. The molecule has 0 bridgehead atoms. The summed E-state index contributed by atoms with van der Waals surface area (Å²) in [5, 5.41) is 7.38. The third kappa shape index (κ3) is 3.64. The van der Waals surface area contributed by atoms with Crippen molar-refractivity contribution in [3.8, 4) is 0 Å². The van der Waals surface area contributed by atoms with Gasteiger partial charge in [-0.15, -0.1) is 0 Å². The molecule has 0 aromatic carbocycles. The lowest BCUT2D eigenvalue weighted by molar-refractivity contribution is -0.127. The second-order valence-corrected chi connectivity index (χ2v) is 7.16. The molecule has 21 heavy (non-hydrogen) atoms. The number of hydrogen-bond donors (Lipinski definition) is 1. The van der Waals surface area contributed by atoms with Crippen LogP contribution in [-0.2, 0) is 16.6 Å². The van der Waals surface area contributed by atoms with Gasteiger partial charge in [0.25, 0.3) is 0 Å². The van der Waals surface area contributed by atoms with Crippen molar-refractivity contribution in [2.45, 2.75) is 65.7 Å². The maximum Gasteiger partial charge on any atom is 0.217 e. The molecular weight excluding hydrogens is 266 g/mol. The molecular formula is C16H27N3O2. The molecule has 1 aliphatic heterocycles. The van der Waals surface area contributed by atoms with Gasteiger partial charge in [-0.3, -0.25) is 9.48 Å². The van der Waals surface area contributed by atoms with Crippen molar-refractivity contribution in [2.75, 3.05) is 0 Å². The van der Waals surface area contributed by atoms with E-state index in [1.807, 2.05) is 17.9 Å². The predicted molar refractivity (Wildman–Crippen MR) is 81.9 cm³/mol. The molecule has 0 unspecified atom stereocenters. The van der Waals surface area contributed by atoms with Gasteiger partial charge < -0.3 is 10.1 Å². The minimum atomic E-state index is -0.00600. The van der Waals surface area contributed by atoms with E-state index in [4.69, 9.17) is 4.74 Å². The Balaban J connectivity index is 2.24. The molecule has 118 valence electrons. The molecule has 1 aliphatic rings. The van der Waals surface area contributed by atoms with Crippen molar-refractivity contribution in [3.05, 3.63) is 17.5 Å². The molecule has 1 N–H and O–H groups in total. The Bertz CT molecular complexity index is 516. The zero-order chi connectivity index (χ0) is 15.8. The van der Waals surface area contributed by atoms with Crippen LogP contribution in [0, 0.1) is 12.3 Å². The van der Waals surface area contributed by atoms with Crippen LogP contribution in [0.5, 0.6) is 0 Å². The number of ether oxygens (including phenoxy) is 1.